The molecule has 16 heavy (non-hydrogen) atoms. The molecule has 0 fully saturated rings. The van der Waals surface area contributed by atoms with Gasteiger partial charge in [0, 0.05) is 13.5 Å². The second kappa shape index (κ2) is 4.06. The number of hydrogen-bond acceptors (Lipinski definition) is 2. The number of sulfonamides is 1. The lowest BCUT2D eigenvalue weighted by Crippen LogP contribution is -2.59. The van der Waals surface area contributed by atoms with Gasteiger partial charge in [-0.1, -0.05) is 6.92 Å². The first-order valence-electron chi connectivity index (χ1n) is 3.94. The second-order valence-electron chi connectivity index (χ2n) is 2.98. The molecule has 0 radical (unpaired) electrons. The van der Waals surface area contributed by atoms with Gasteiger partial charge in [0.2, 0.25) is 0 Å². The largest absolute Gasteiger partial charge is 0.426 e. The Hall–Kier alpha value is -0.510. The van der Waals surface area contributed by atoms with Gasteiger partial charge in [-0.25, -0.2) is 13.1 Å². The van der Waals surface area contributed by atoms with Gasteiger partial charge >= 0.3 is 17.1 Å². The maximum absolute atomic E-state index is 12.8. The van der Waals surface area contributed by atoms with E-state index in [-0.39, 0.29) is 0 Å². The van der Waals surface area contributed by atoms with Crippen LogP contribution in [0.1, 0.15) is 13.8 Å². The van der Waals surface area contributed by atoms with Gasteiger partial charge in [0.15, 0.2) is 0 Å². The van der Waals surface area contributed by atoms with E-state index >= 15 is 0 Å². The average Bonchev–Trinajstić information content (AvgIpc) is 2.01. The standard InChI is InChI=1S/C6H9F6NO2S/c1-3-13-16(14,15)6(11,12)5(9,10)4(2,7)8/h13H,3H2,1-2H3. The molecule has 0 saturated carbocycles. The molecule has 0 aliphatic rings. The summed E-state index contributed by atoms with van der Waals surface area (Å²) in [5.41, 5.74) is 0. The van der Waals surface area contributed by atoms with Crippen molar-refractivity contribution in [3.63, 3.8) is 0 Å². The van der Waals surface area contributed by atoms with Crippen molar-refractivity contribution in [1.82, 2.24) is 4.72 Å². The van der Waals surface area contributed by atoms with Crippen LogP contribution in [-0.4, -0.2) is 32.1 Å². The second-order valence-corrected chi connectivity index (χ2v) is 4.79. The molecule has 3 nitrogen and oxygen atoms in total. The minimum atomic E-state index is -6.00. The zero-order valence-corrected chi connectivity index (χ0v) is 9.02. The monoisotopic (exact) mass is 273 g/mol. The summed E-state index contributed by atoms with van der Waals surface area (Å²) >= 11 is 0. The van der Waals surface area contributed by atoms with E-state index in [9.17, 15) is 34.8 Å². The fourth-order valence-electron chi connectivity index (χ4n) is 0.705. The first kappa shape index (κ1) is 15.5. The minimum absolute atomic E-state index is 0.484. The van der Waals surface area contributed by atoms with Crippen LogP contribution in [-0.2, 0) is 10.0 Å². The molecule has 0 aromatic carbocycles. The molecule has 0 bridgehead atoms. The molecular formula is C6H9F6NO2S. The summed E-state index contributed by atoms with van der Waals surface area (Å²) in [5, 5.41) is -5.89. The van der Waals surface area contributed by atoms with E-state index in [1.807, 2.05) is 0 Å². The van der Waals surface area contributed by atoms with E-state index in [0.717, 1.165) is 11.6 Å². The fraction of sp³-hybridized carbons (Fsp3) is 1.00. The van der Waals surface area contributed by atoms with Crippen LogP contribution in [0.5, 0.6) is 0 Å². The Morgan fingerprint density at radius 1 is 1.06 bits per heavy atom. The summed E-state index contributed by atoms with van der Waals surface area (Å²) in [7, 11) is -5.86. The lowest BCUT2D eigenvalue weighted by Gasteiger charge is -2.30. The minimum Gasteiger partial charge on any atom is -0.210 e. The van der Waals surface area contributed by atoms with Crippen LogP contribution < -0.4 is 4.72 Å². The van der Waals surface area contributed by atoms with Gasteiger partial charge < -0.3 is 0 Å². The normalized spacial score (nSPS) is 15.2. The van der Waals surface area contributed by atoms with E-state index in [2.05, 4.69) is 0 Å². The molecule has 0 rings (SSSR count). The predicted molar refractivity (Wildman–Crippen MR) is 43.1 cm³/mol. The van der Waals surface area contributed by atoms with Crippen molar-refractivity contribution in [2.45, 2.75) is 30.9 Å². The van der Waals surface area contributed by atoms with E-state index in [4.69, 9.17) is 0 Å². The van der Waals surface area contributed by atoms with Gasteiger partial charge in [0.25, 0.3) is 10.0 Å². The van der Waals surface area contributed by atoms with Crippen molar-refractivity contribution >= 4 is 10.0 Å². The van der Waals surface area contributed by atoms with Crippen LogP contribution in [0.15, 0.2) is 0 Å². The van der Waals surface area contributed by atoms with Crippen LogP contribution in [0.2, 0.25) is 0 Å². The van der Waals surface area contributed by atoms with Crippen LogP contribution in [0.25, 0.3) is 0 Å². The molecule has 0 amide bonds. The first-order chi connectivity index (χ1) is 6.81. The van der Waals surface area contributed by atoms with Crippen molar-refractivity contribution in [3.8, 4) is 0 Å². The Labute approximate surface area is 87.9 Å². The highest BCUT2D eigenvalue weighted by atomic mass is 32.2. The lowest BCUT2D eigenvalue weighted by molar-refractivity contribution is -0.271. The highest BCUT2D eigenvalue weighted by molar-refractivity contribution is 7.90. The smallest absolute Gasteiger partial charge is 0.210 e. The zero-order valence-electron chi connectivity index (χ0n) is 8.20. The van der Waals surface area contributed by atoms with Gasteiger partial charge in [-0.3, -0.25) is 0 Å². The Kier molecular flexibility index (Phi) is 3.93. The molecule has 0 heterocycles. The Morgan fingerprint density at radius 2 is 1.44 bits per heavy atom. The van der Waals surface area contributed by atoms with Crippen molar-refractivity contribution < 1.29 is 34.8 Å². The molecule has 0 atom stereocenters. The summed E-state index contributed by atoms with van der Waals surface area (Å²) in [4.78, 5) is 0. The van der Waals surface area contributed by atoms with E-state index in [0.29, 0.717) is 0 Å². The van der Waals surface area contributed by atoms with E-state index < -0.39 is 40.6 Å². The molecule has 0 aromatic rings. The maximum Gasteiger partial charge on any atom is 0.426 e. The molecule has 1 N–H and O–H groups in total. The third-order valence-corrected chi connectivity index (χ3v) is 3.19. The Bertz CT molecular complexity index is 347. The molecule has 0 unspecified atom stereocenters. The third-order valence-electron chi connectivity index (χ3n) is 1.59. The average molecular weight is 273 g/mol. The summed E-state index contributed by atoms with van der Waals surface area (Å²) < 4.78 is 97.7. The van der Waals surface area contributed by atoms with Crippen LogP contribution >= 0.6 is 0 Å². The number of nitrogens with one attached hydrogen (secondary N) is 1. The van der Waals surface area contributed by atoms with Crippen molar-refractivity contribution in [2.24, 2.45) is 0 Å². The molecule has 0 aliphatic heterocycles. The van der Waals surface area contributed by atoms with Gasteiger partial charge in [-0.2, -0.15) is 26.3 Å². The molecular weight excluding hydrogens is 264 g/mol. The molecule has 10 heteroatoms. The summed E-state index contributed by atoms with van der Waals surface area (Å²) in [6.07, 6.45) is 0. The number of alkyl halides is 6. The van der Waals surface area contributed by atoms with Crippen molar-refractivity contribution in [2.75, 3.05) is 6.54 Å². The first-order valence-corrected chi connectivity index (χ1v) is 5.42. The number of hydrogen-bond donors (Lipinski definition) is 1. The van der Waals surface area contributed by atoms with Crippen molar-refractivity contribution in [1.29, 1.82) is 0 Å². The SMILES string of the molecule is CCNS(=O)(=O)C(F)(F)C(F)(F)C(C)(F)F. The van der Waals surface area contributed by atoms with Gasteiger partial charge in [0.05, 0.1) is 0 Å². The molecule has 0 spiro atoms. The summed E-state index contributed by atoms with van der Waals surface area (Å²) in [5.74, 6) is -11.2. The predicted octanol–water partition coefficient (Wildman–Crippen LogP) is 1.81. The third kappa shape index (κ3) is 2.26. The molecule has 0 aliphatic carbocycles. The molecule has 98 valence electrons. The topological polar surface area (TPSA) is 46.2 Å². The van der Waals surface area contributed by atoms with Crippen LogP contribution in [0.3, 0.4) is 0 Å². The van der Waals surface area contributed by atoms with Crippen LogP contribution in [0.4, 0.5) is 26.3 Å². The number of halogens is 6. The molecule has 0 aromatic heterocycles. The van der Waals surface area contributed by atoms with E-state index in [1.165, 1.54) is 0 Å². The van der Waals surface area contributed by atoms with E-state index in [1.54, 1.807) is 0 Å². The van der Waals surface area contributed by atoms with Gasteiger partial charge in [-0.15, -0.1) is 0 Å². The Balaban J connectivity index is 5.54. The molecule has 0 saturated heterocycles. The summed E-state index contributed by atoms with van der Waals surface area (Å²) in [6.45, 7) is -0.0679. The maximum atomic E-state index is 12.8. The quantitative estimate of drug-likeness (QED) is 0.776. The lowest BCUT2D eigenvalue weighted by atomic mass is 10.2. The van der Waals surface area contributed by atoms with Gasteiger partial charge in [-0.05, 0) is 0 Å². The highest BCUT2D eigenvalue weighted by Gasteiger charge is 2.75. The fourth-order valence-corrected chi connectivity index (χ4v) is 1.78. The van der Waals surface area contributed by atoms with Crippen LogP contribution in [0, 0.1) is 0 Å². The highest BCUT2D eigenvalue weighted by Crippen LogP contribution is 2.47. The zero-order chi connectivity index (χ0) is 13.4. The van der Waals surface area contributed by atoms with Crippen molar-refractivity contribution in [3.05, 3.63) is 0 Å². The Morgan fingerprint density at radius 3 is 1.69 bits per heavy atom. The summed E-state index contributed by atoms with van der Waals surface area (Å²) in [6, 6.07) is 0. The number of rotatable bonds is 5. The van der Waals surface area contributed by atoms with Gasteiger partial charge in [0.1, 0.15) is 0 Å².